The van der Waals surface area contributed by atoms with Crippen molar-refractivity contribution >= 4 is 12.0 Å². The van der Waals surface area contributed by atoms with Gasteiger partial charge >= 0.3 is 0 Å². The number of benzene rings is 1. The predicted octanol–water partition coefficient (Wildman–Crippen LogP) is 3.79. The van der Waals surface area contributed by atoms with Crippen LogP contribution in [0.25, 0.3) is 6.08 Å². The van der Waals surface area contributed by atoms with Crippen LogP contribution in [-0.2, 0) is 4.79 Å². The van der Waals surface area contributed by atoms with Crippen LogP contribution < -0.4 is 5.32 Å². The molecule has 0 aromatic heterocycles. The molecule has 4 nitrogen and oxygen atoms in total. The SMILES string of the molecule is CC1CCCCC1N(C)C1CCN(CCNC(=O)/C=C/c2ccccc2)CC1. The number of carbonyl (C=O) groups excluding carboxylic acids is 1. The van der Waals surface area contributed by atoms with Crippen LogP contribution in [-0.4, -0.2) is 61.0 Å². The minimum atomic E-state index is -0.00948. The summed E-state index contributed by atoms with van der Waals surface area (Å²) in [6.45, 7) is 6.39. The zero-order valence-electron chi connectivity index (χ0n) is 17.6. The first-order valence-corrected chi connectivity index (χ1v) is 11.1. The Balaban J connectivity index is 1.33. The van der Waals surface area contributed by atoms with Crippen LogP contribution in [0.1, 0.15) is 51.0 Å². The lowest BCUT2D eigenvalue weighted by Gasteiger charge is -2.44. The second-order valence-electron chi connectivity index (χ2n) is 8.60. The van der Waals surface area contributed by atoms with E-state index in [-0.39, 0.29) is 5.91 Å². The Bertz CT molecular complexity index is 622. The van der Waals surface area contributed by atoms with Gasteiger partial charge in [0.2, 0.25) is 5.91 Å². The Hall–Kier alpha value is -1.65. The number of nitrogens with zero attached hydrogens (tertiary/aromatic N) is 2. The Morgan fingerprint density at radius 2 is 1.86 bits per heavy atom. The summed E-state index contributed by atoms with van der Waals surface area (Å²) in [6.07, 6.45) is 11.6. The molecule has 0 radical (unpaired) electrons. The molecule has 2 aliphatic rings. The lowest BCUT2D eigenvalue weighted by molar-refractivity contribution is -0.116. The summed E-state index contributed by atoms with van der Waals surface area (Å²) >= 11 is 0. The monoisotopic (exact) mass is 383 g/mol. The Labute approximate surface area is 171 Å². The maximum absolute atomic E-state index is 12.0. The average molecular weight is 384 g/mol. The summed E-state index contributed by atoms with van der Waals surface area (Å²) in [5, 5.41) is 3.01. The second kappa shape index (κ2) is 10.8. The lowest BCUT2D eigenvalue weighted by atomic mass is 9.84. The van der Waals surface area contributed by atoms with Gasteiger partial charge in [-0.2, -0.15) is 0 Å². The van der Waals surface area contributed by atoms with Crippen molar-refractivity contribution in [3.8, 4) is 0 Å². The van der Waals surface area contributed by atoms with Crippen molar-refractivity contribution in [2.24, 2.45) is 5.92 Å². The molecule has 2 fully saturated rings. The van der Waals surface area contributed by atoms with E-state index in [0.29, 0.717) is 0 Å². The fourth-order valence-electron chi connectivity index (χ4n) is 4.85. The summed E-state index contributed by atoms with van der Waals surface area (Å²) in [7, 11) is 2.35. The molecule has 1 amide bonds. The quantitative estimate of drug-likeness (QED) is 0.728. The van der Waals surface area contributed by atoms with E-state index in [1.165, 1.54) is 38.5 Å². The number of rotatable bonds is 7. The van der Waals surface area contributed by atoms with Gasteiger partial charge in [-0.25, -0.2) is 0 Å². The van der Waals surface area contributed by atoms with Gasteiger partial charge in [-0.3, -0.25) is 4.79 Å². The minimum absolute atomic E-state index is 0.00948. The molecule has 0 spiro atoms. The van der Waals surface area contributed by atoms with E-state index in [2.05, 4.69) is 29.1 Å². The van der Waals surface area contributed by atoms with E-state index >= 15 is 0 Å². The topological polar surface area (TPSA) is 35.6 Å². The number of nitrogens with one attached hydrogen (secondary N) is 1. The molecule has 28 heavy (non-hydrogen) atoms. The van der Waals surface area contributed by atoms with E-state index in [4.69, 9.17) is 0 Å². The van der Waals surface area contributed by atoms with Crippen molar-refractivity contribution in [3.05, 3.63) is 42.0 Å². The van der Waals surface area contributed by atoms with Crippen LogP contribution in [0.4, 0.5) is 0 Å². The molecule has 2 atom stereocenters. The third-order valence-electron chi connectivity index (χ3n) is 6.68. The number of hydrogen-bond donors (Lipinski definition) is 1. The van der Waals surface area contributed by atoms with Crippen LogP contribution >= 0.6 is 0 Å². The van der Waals surface area contributed by atoms with Crippen molar-refractivity contribution in [2.45, 2.75) is 57.5 Å². The highest BCUT2D eigenvalue weighted by Crippen LogP contribution is 2.30. The maximum Gasteiger partial charge on any atom is 0.244 e. The third kappa shape index (κ3) is 6.18. The van der Waals surface area contributed by atoms with Crippen molar-refractivity contribution in [1.29, 1.82) is 0 Å². The van der Waals surface area contributed by atoms with E-state index in [9.17, 15) is 4.79 Å². The molecule has 4 heteroatoms. The highest BCUT2D eigenvalue weighted by atomic mass is 16.1. The molecule has 1 aromatic rings. The summed E-state index contributed by atoms with van der Waals surface area (Å²) in [4.78, 5) is 17.2. The summed E-state index contributed by atoms with van der Waals surface area (Å²) < 4.78 is 0. The largest absolute Gasteiger partial charge is 0.351 e. The van der Waals surface area contributed by atoms with Gasteiger partial charge in [-0.15, -0.1) is 0 Å². The van der Waals surface area contributed by atoms with Crippen molar-refractivity contribution in [1.82, 2.24) is 15.1 Å². The van der Waals surface area contributed by atoms with E-state index in [1.54, 1.807) is 6.08 Å². The van der Waals surface area contributed by atoms with Crippen LogP contribution in [0.5, 0.6) is 0 Å². The molecule has 2 unspecified atom stereocenters. The van der Waals surface area contributed by atoms with E-state index < -0.39 is 0 Å². The van der Waals surface area contributed by atoms with Gasteiger partial charge < -0.3 is 15.1 Å². The molecule has 1 saturated carbocycles. The molecule has 1 aliphatic heterocycles. The van der Waals surface area contributed by atoms with Gasteiger partial charge in [0.25, 0.3) is 0 Å². The molecule has 0 bridgehead atoms. The van der Waals surface area contributed by atoms with Gasteiger partial charge in [0, 0.05) is 31.2 Å². The van der Waals surface area contributed by atoms with Crippen molar-refractivity contribution in [3.63, 3.8) is 0 Å². The van der Waals surface area contributed by atoms with E-state index in [1.807, 2.05) is 36.4 Å². The highest BCUT2D eigenvalue weighted by molar-refractivity contribution is 5.91. The zero-order valence-corrected chi connectivity index (χ0v) is 17.6. The van der Waals surface area contributed by atoms with Gasteiger partial charge in [0.1, 0.15) is 0 Å². The number of hydrogen-bond acceptors (Lipinski definition) is 3. The van der Waals surface area contributed by atoms with Gasteiger partial charge in [-0.1, -0.05) is 50.1 Å². The smallest absolute Gasteiger partial charge is 0.244 e. The lowest BCUT2D eigenvalue weighted by Crippen LogP contribution is -2.50. The molecule has 1 N–H and O–H groups in total. The molecule has 3 rings (SSSR count). The predicted molar refractivity (Wildman–Crippen MR) is 117 cm³/mol. The van der Waals surface area contributed by atoms with Gasteiger partial charge in [-0.05, 0) is 63.4 Å². The number of piperidine rings is 1. The summed E-state index contributed by atoms with van der Waals surface area (Å²) in [5.41, 5.74) is 1.05. The van der Waals surface area contributed by atoms with Gasteiger partial charge in [0.15, 0.2) is 0 Å². The summed E-state index contributed by atoms with van der Waals surface area (Å²) in [5.74, 6) is 0.834. The average Bonchev–Trinajstić information content (AvgIpc) is 2.73. The third-order valence-corrected chi connectivity index (χ3v) is 6.68. The van der Waals surface area contributed by atoms with Crippen molar-refractivity contribution < 1.29 is 4.79 Å². The molecular formula is C24H37N3O. The zero-order chi connectivity index (χ0) is 19.8. The highest BCUT2D eigenvalue weighted by Gasteiger charge is 2.31. The molecule has 1 saturated heterocycles. The minimum Gasteiger partial charge on any atom is -0.351 e. The molecule has 1 aliphatic carbocycles. The first kappa shape index (κ1) is 21.1. The first-order valence-electron chi connectivity index (χ1n) is 11.1. The molecule has 1 heterocycles. The summed E-state index contributed by atoms with van der Waals surface area (Å²) in [6, 6.07) is 11.4. The fourth-order valence-corrected chi connectivity index (χ4v) is 4.85. The fraction of sp³-hybridized carbons (Fsp3) is 0.625. The standard InChI is InChI=1S/C24H37N3O/c1-20-8-6-7-11-23(20)26(2)22-14-17-27(18-15-22)19-16-25-24(28)13-12-21-9-4-3-5-10-21/h3-5,9-10,12-13,20,22-23H,6-8,11,14-19H2,1-2H3,(H,25,28)/b13-12+. The maximum atomic E-state index is 12.0. The van der Waals surface area contributed by atoms with Crippen LogP contribution in [0.3, 0.4) is 0 Å². The van der Waals surface area contributed by atoms with E-state index in [0.717, 1.165) is 49.7 Å². The Kier molecular flexibility index (Phi) is 8.11. The van der Waals surface area contributed by atoms with Crippen LogP contribution in [0.15, 0.2) is 36.4 Å². The molecular weight excluding hydrogens is 346 g/mol. The number of carbonyl (C=O) groups is 1. The Morgan fingerprint density at radius 3 is 2.57 bits per heavy atom. The van der Waals surface area contributed by atoms with Crippen LogP contribution in [0, 0.1) is 5.92 Å². The van der Waals surface area contributed by atoms with Gasteiger partial charge in [0.05, 0.1) is 0 Å². The van der Waals surface area contributed by atoms with Crippen LogP contribution in [0.2, 0.25) is 0 Å². The number of likely N-dealkylation sites (tertiary alicyclic amines) is 1. The normalized spacial score (nSPS) is 24.7. The second-order valence-corrected chi connectivity index (χ2v) is 8.60. The molecule has 1 aromatic carbocycles. The van der Waals surface area contributed by atoms with Crippen molar-refractivity contribution in [2.75, 3.05) is 33.2 Å². The molecule has 154 valence electrons. The number of amides is 1. The Morgan fingerprint density at radius 1 is 1.14 bits per heavy atom. The first-order chi connectivity index (χ1) is 13.6.